The Morgan fingerprint density at radius 1 is 1.10 bits per heavy atom. The van der Waals surface area contributed by atoms with Crippen LogP contribution in [0.1, 0.15) is 27.2 Å². The maximum atomic E-state index is 12.9. The van der Waals surface area contributed by atoms with Crippen molar-refractivity contribution >= 4 is 35.0 Å². The number of carbonyl (C=O) groups is 2. The van der Waals surface area contributed by atoms with E-state index in [4.69, 9.17) is 28.9 Å². The quantitative estimate of drug-likeness (QED) is 0.665. The van der Waals surface area contributed by atoms with Gasteiger partial charge in [0.25, 0.3) is 5.91 Å². The number of hydrogen-bond donors (Lipinski definition) is 1. The molecule has 0 radical (unpaired) electrons. The second-order valence-corrected chi connectivity index (χ2v) is 8.18. The number of fused-ring (bicyclic) bond motifs is 1. The van der Waals surface area contributed by atoms with E-state index >= 15 is 0 Å². The van der Waals surface area contributed by atoms with Crippen molar-refractivity contribution in [2.24, 2.45) is 5.73 Å². The SMILES string of the molecule is Cc1cccc(-c2nn3c(c2C(N)=O)CN(C(=O)Cc2ccc(Cl)c(Cl)c2)CC3)c1. The molecule has 154 valence electrons. The van der Waals surface area contributed by atoms with Gasteiger partial charge in [-0.15, -0.1) is 0 Å². The average Bonchev–Trinajstić information content (AvgIpc) is 3.10. The van der Waals surface area contributed by atoms with E-state index in [0.29, 0.717) is 40.1 Å². The molecule has 2 N–H and O–H groups in total. The summed E-state index contributed by atoms with van der Waals surface area (Å²) in [5.41, 5.74) is 9.97. The number of aromatic nitrogens is 2. The molecule has 30 heavy (non-hydrogen) atoms. The normalized spacial score (nSPS) is 13.2. The lowest BCUT2D eigenvalue weighted by molar-refractivity contribution is -0.132. The van der Waals surface area contributed by atoms with Crippen LogP contribution in [0.25, 0.3) is 11.3 Å². The van der Waals surface area contributed by atoms with Crippen molar-refractivity contribution in [1.29, 1.82) is 0 Å². The molecule has 0 atom stereocenters. The second-order valence-electron chi connectivity index (χ2n) is 7.37. The molecule has 2 heterocycles. The molecule has 2 amide bonds. The highest BCUT2D eigenvalue weighted by atomic mass is 35.5. The lowest BCUT2D eigenvalue weighted by Gasteiger charge is -2.28. The summed E-state index contributed by atoms with van der Waals surface area (Å²) in [4.78, 5) is 26.9. The zero-order chi connectivity index (χ0) is 21.4. The first-order valence-corrected chi connectivity index (χ1v) is 10.3. The molecule has 0 saturated heterocycles. The summed E-state index contributed by atoms with van der Waals surface area (Å²) >= 11 is 12.0. The van der Waals surface area contributed by atoms with E-state index < -0.39 is 5.91 Å². The molecule has 8 heteroatoms. The third kappa shape index (κ3) is 3.93. The molecular formula is C22H20Cl2N4O2. The van der Waals surface area contributed by atoms with Crippen LogP contribution in [-0.2, 0) is 24.3 Å². The van der Waals surface area contributed by atoms with Crippen molar-refractivity contribution in [1.82, 2.24) is 14.7 Å². The van der Waals surface area contributed by atoms with Gasteiger partial charge in [-0.3, -0.25) is 14.3 Å². The number of rotatable bonds is 4. The number of nitrogens with two attached hydrogens (primary N) is 1. The van der Waals surface area contributed by atoms with Crippen molar-refractivity contribution < 1.29 is 9.59 Å². The van der Waals surface area contributed by atoms with Gasteiger partial charge in [0.1, 0.15) is 5.69 Å². The molecule has 0 bridgehead atoms. The summed E-state index contributed by atoms with van der Waals surface area (Å²) < 4.78 is 1.78. The molecular weight excluding hydrogens is 423 g/mol. The summed E-state index contributed by atoms with van der Waals surface area (Å²) in [6.45, 7) is 3.25. The van der Waals surface area contributed by atoms with Gasteiger partial charge in [0, 0.05) is 12.1 Å². The van der Waals surface area contributed by atoms with Crippen molar-refractivity contribution in [3.8, 4) is 11.3 Å². The van der Waals surface area contributed by atoms with E-state index in [1.54, 1.807) is 27.8 Å². The van der Waals surface area contributed by atoms with Crippen LogP contribution in [-0.4, -0.2) is 33.0 Å². The Morgan fingerprint density at radius 3 is 2.60 bits per heavy atom. The Hall–Kier alpha value is -2.83. The Bertz CT molecular complexity index is 1160. The maximum Gasteiger partial charge on any atom is 0.252 e. The lowest BCUT2D eigenvalue weighted by Crippen LogP contribution is -2.40. The van der Waals surface area contributed by atoms with Gasteiger partial charge in [-0.2, -0.15) is 5.10 Å². The highest BCUT2D eigenvalue weighted by Gasteiger charge is 2.29. The van der Waals surface area contributed by atoms with Gasteiger partial charge in [0.15, 0.2) is 0 Å². The molecule has 1 aliphatic rings. The summed E-state index contributed by atoms with van der Waals surface area (Å²) in [6, 6.07) is 12.9. The first-order chi connectivity index (χ1) is 14.3. The summed E-state index contributed by atoms with van der Waals surface area (Å²) in [7, 11) is 0. The summed E-state index contributed by atoms with van der Waals surface area (Å²) in [6.07, 6.45) is 0.196. The fourth-order valence-corrected chi connectivity index (χ4v) is 4.04. The monoisotopic (exact) mass is 442 g/mol. The fourth-order valence-electron chi connectivity index (χ4n) is 3.72. The zero-order valence-corrected chi connectivity index (χ0v) is 17.9. The topological polar surface area (TPSA) is 81.2 Å². The molecule has 1 aliphatic heterocycles. The highest BCUT2D eigenvalue weighted by Crippen LogP contribution is 2.29. The van der Waals surface area contributed by atoms with Crippen LogP contribution in [0.4, 0.5) is 0 Å². The van der Waals surface area contributed by atoms with Crippen molar-refractivity contribution in [3.05, 3.63) is 74.9 Å². The highest BCUT2D eigenvalue weighted by molar-refractivity contribution is 6.42. The van der Waals surface area contributed by atoms with Gasteiger partial charge in [-0.05, 0) is 30.7 Å². The summed E-state index contributed by atoms with van der Waals surface area (Å²) in [5.74, 6) is -0.611. The van der Waals surface area contributed by atoms with Gasteiger partial charge in [0.2, 0.25) is 5.91 Å². The molecule has 0 aliphatic carbocycles. The Kier molecular flexibility index (Phi) is 5.54. The van der Waals surface area contributed by atoms with E-state index in [9.17, 15) is 9.59 Å². The van der Waals surface area contributed by atoms with Crippen molar-refractivity contribution in [3.63, 3.8) is 0 Å². The first kappa shape index (κ1) is 20.4. The number of nitrogens with zero attached hydrogens (tertiary/aromatic N) is 3. The van der Waals surface area contributed by atoms with Crippen LogP contribution < -0.4 is 5.73 Å². The number of carbonyl (C=O) groups excluding carboxylic acids is 2. The van der Waals surface area contributed by atoms with E-state index in [2.05, 4.69) is 5.10 Å². The Labute approximate surface area is 184 Å². The largest absolute Gasteiger partial charge is 0.365 e. The lowest BCUT2D eigenvalue weighted by atomic mass is 10.0. The number of halogens is 2. The van der Waals surface area contributed by atoms with Gasteiger partial charge >= 0.3 is 0 Å². The number of benzene rings is 2. The van der Waals surface area contributed by atoms with Crippen LogP contribution in [0.2, 0.25) is 10.0 Å². The van der Waals surface area contributed by atoms with Gasteiger partial charge in [-0.1, -0.05) is 53.0 Å². The van der Waals surface area contributed by atoms with E-state index in [1.165, 1.54) is 0 Å². The Morgan fingerprint density at radius 2 is 1.90 bits per heavy atom. The minimum atomic E-state index is -0.550. The number of aryl methyl sites for hydroxylation is 1. The number of amides is 2. The molecule has 4 rings (SSSR count). The van der Waals surface area contributed by atoms with E-state index in [1.807, 2.05) is 31.2 Å². The molecule has 1 aromatic heterocycles. The van der Waals surface area contributed by atoms with Gasteiger partial charge < -0.3 is 10.6 Å². The molecule has 6 nitrogen and oxygen atoms in total. The van der Waals surface area contributed by atoms with E-state index in [0.717, 1.165) is 16.7 Å². The predicted octanol–water partition coefficient (Wildman–Crippen LogP) is 3.85. The minimum Gasteiger partial charge on any atom is -0.365 e. The standard InChI is InChI=1S/C22H20Cl2N4O2/c1-13-3-2-4-15(9-13)21-20(22(25)30)18-12-27(7-8-28(18)26-21)19(29)11-14-5-6-16(23)17(24)10-14/h2-6,9-10H,7-8,11-12H2,1H3,(H2,25,30). The van der Waals surface area contributed by atoms with Crippen LogP contribution >= 0.6 is 23.2 Å². The van der Waals surface area contributed by atoms with Crippen LogP contribution in [0.3, 0.4) is 0 Å². The van der Waals surface area contributed by atoms with Crippen LogP contribution in [0.5, 0.6) is 0 Å². The molecule has 0 fully saturated rings. The van der Waals surface area contributed by atoms with Crippen LogP contribution in [0, 0.1) is 6.92 Å². The molecule has 0 saturated carbocycles. The average molecular weight is 443 g/mol. The van der Waals surface area contributed by atoms with Crippen LogP contribution in [0.15, 0.2) is 42.5 Å². The predicted molar refractivity (Wildman–Crippen MR) is 117 cm³/mol. The smallest absolute Gasteiger partial charge is 0.252 e. The second kappa shape index (κ2) is 8.13. The molecule has 0 spiro atoms. The van der Waals surface area contributed by atoms with Crippen molar-refractivity contribution in [2.75, 3.05) is 6.54 Å². The number of hydrogen-bond acceptors (Lipinski definition) is 3. The third-order valence-corrected chi connectivity index (χ3v) is 5.95. The van der Waals surface area contributed by atoms with Crippen molar-refractivity contribution in [2.45, 2.75) is 26.4 Å². The molecule has 0 unspecified atom stereocenters. The Balaban J connectivity index is 1.62. The zero-order valence-electron chi connectivity index (χ0n) is 16.4. The summed E-state index contributed by atoms with van der Waals surface area (Å²) in [5, 5.41) is 5.49. The van der Waals surface area contributed by atoms with Gasteiger partial charge in [0.05, 0.1) is 40.8 Å². The van der Waals surface area contributed by atoms with Gasteiger partial charge in [-0.25, -0.2) is 0 Å². The first-order valence-electron chi connectivity index (χ1n) is 9.51. The fraction of sp³-hybridized carbons (Fsp3) is 0.227. The van der Waals surface area contributed by atoms with E-state index in [-0.39, 0.29) is 18.9 Å². The number of primary amides is 1. The third-order valence-electron chi connectivity index (χ3n) is 5.21. The molecule has 2 aromatic carbocycles. The molecule has 3 aromatic rings. The maximum absolute atomic E-state index is 12.9. The minimum absolute atomic E-state index is 0.0617.